The van der Waals surface area contributed by atoms with Crippen molar-refractivity contribution in [3.05, 3.63) is 47.3 Å². The molecule has 0 atom stereocenters. The van der Waals surface area contributed by atoms with E-state index in [-0.39, 0.29) is 11.4 Å². The van der Waals surface area contributed by atoms with Gasteiger partial charge in [-0.05, 0) is 36.1 Å². The number of hydrogen-bond acceptors (Lipinski definition) is 4. The van der Waals surface area contributed by atoms with E-state index in [4.69, 9.17) is 10.00 Å². The van der Waals surface area contributed by atoms with Gasteiger partial charge in [0.15, 0.2) is 0 Å². The Morgan fingerprint density at radius 3 is 2.55 bits per heavy atom. The van der Waals surface area contributed by atoms with Crippen molar-refractivity contribution >= 4 is 0 Å². The van der Waals surface area contributed by atoms with Crippen LogP contribution >= 0.6 is 0 Å². The SMILES string of the molecule is Cc1cc(C#N)nc(Oc2cccc(C(C)(C)C)c2)n1. The first-order chi connectivity index (χ1) is 9.38. The second-order valence-corrected chi connectivity index (χ2v) is 5.67. The number of rotatable bonds is 2. The first-order valence-electron chi connectivity index (χ1n) is 6.42. The Labute approximate surface area is 119 Å². The third-order valence-corrected chi connectivity index (χ3v) is 2.86. The normalized spacial score (nSPS) is 10.9. The van der Waals surface area contributed by atoms with Gasteiger partial charge in [0.25, 0.3) is 0 Å². The highest BCUT2D eigenvalue weighted by Crippen LogP contribution is 2.27. The molecule has 0 bridgehead atoms. The first-order valence-corrected chi connectivity index (χ1v) is 6.42. The Morgan fingerprint density at radius 1 is 1.15 bits per heavy atom. The zero-order chi connectivity index (χ0) is 14.8. The Hall–Kier alpha value is -2.41. The molecule has 0 aliphatic carbocycles. The molecule has 0 aliphatic rings. The minimum atomic E-state index is 0.0463. The van der Waals surface area contributed by atoms with Crippen molar-refractivity contribution in [2.45, 2.75) is 33.1 Å². The fourth-order valence-corrected chi connectivity index (χ4v) is 1.78. The highest BCUT2D eigenvalue weighted by atomic mass is 16.5. The Bertz CT molecular complexity index is 666. The van der Waals surface area contributed by atoms with Crippen LogP contribution in [0.3, 0.4) is 0 Å². The van der Waals surface area contributed by atoms with Gasteiger partial charge in [-0.1, -0.05) is 32.9 Å². The summed E-state index contributed by atoms with van der Waals surface area (Å²) < 4.78 is 5.66. The summed E-state index contributed by atoms with van der Waals surface area (Å²) in [6.45, 7) is 8.23. The molecule has 20 heavy (non-hydrogen) atoms. The molecule has 0 amide bonds. The van der Waals surface area contributed by atoms with Gasteiger partial charge in [0.05, 0.1) is 0 Å². The van der Waals surface area contributed by atoms with Gasteiger partial charge in [0, 0.05) is 5.69 Å². The monoisotopic (exact) mass is 267 g/mol. The molecule has 1 aromatic carbocycles. The molecule has 1 heterocycles. The molecule has 0 radical (unpaired) electrons. The van der Waals surface area contributed by atoms with Crippen molar-refractivity contribution in [2.24, 2.45) is 0 Å². The van der Waals surface area contributed by atoms with Crippen LogP contribution in [0, 0.1) is 18.3 Å². The van der Waals surface area contributed by atoms with Gasteiger partial charge in [-0.25, -0.2) is 4.98 Å². The fourth-order valence-electron chi connectivity index (χ4n) is 1.78. The van der Waals surface area contributed by atoms with Gasteiger partial charge in [-0.3, -0.25) is 0 Å². The van der Waals surface area contributed by atoms with Crippen LogP contribution in [0.1, 0.15) is 37.7 Å². The predicted octanol–water partition coefficient (Wildman–Crippen LogP) is 3.75. The van der Waals surface area contributed by atoms with Gasteiger partial charge in [-0.15, -0.1) is 0 Å². The van der Waals surface area contributed by atoms with E-state index in [0.29, 0.717) is 17.1 Å². The summed E-state index contributed by atoms with van der Waals surface area (Å²) in [7, 11) is 0. The van der Waals surface area contributed by atoms with Gasteiger partial charge >= 0.3 is 6.01 Å². The molecule has 1 aromatic heterocycles. The van der Waals surface area contributed by atoms with E-state index >= 15 is 0 Å². The highest BCUT2D eigenvalue weighted by molar-refractivity contribution is 5.34. The molecule has 4 nitrogen and oxygen atoms in total. The molecule has 2 rings (SSSR count). The van der Waals surface area contributed by atoms with E-state index in [9.17, 15) is 0 Å². The number of aryl methyl sites for hydroxylation is 1. The van der Waals surface area contributed by atoms with Gasteiger partial charge in [-0.2, -0.15) is 10.2 Å². The Balaban J connectivity index is 2.31. The molecule has 0 saturated carbocycles. The lowest BCUT2D eigenvalue weighted by Crippen LogP contribution is -2.10. The number of nitrogens with zero attached hydrogens (tertiary/aromatic N) is 3. The summed E-state index contributed by atoms with van der Waals surface area (Å²) in [5.74, 6) is 0.673. The zero-order valence-corrected chi connectivity index (χ0v) is 12.1. The average molecular weight is 267 g/mol. The molecule has 0 unspecified atom stereocenters. The standard InChI is InChI=1S/C16H17N3O/c1-11-8-13(10-17)19-15(18-11)20-14-7-5-6-12(9-14)16(2,3)4/h5-9H,1-4H3. The largest absolute Gasteiger partial charge is 0.424 e. The lowest BCUT2D eigenvalue weighted by atomic mass is 9.87. The molecule has 0 fully saturated rings. The maximum Gasteiger partial charge on any atom is 0.323 e. The van der Waals surface area contributed by atoms with E-state index < -0.39 is 0 Å². The molecule has 4 heteroatoms. The topological polar surface area (TPSA) is 58.8 Å². The number of aromatic nitrogens is 2. The Kier molecular flexibility index (Phi) is 3.71. The van der Waals surface area contributed by atoms with Crippen LogP contribution in [0.5, 0.6) is 11.8 Å². The number of hydrogen-bond donors (Lipinski definition) is 0. The van der Waals surface area contributed by atoms with Crippen molar-refractivity contribution in [3.63, 3.8) is 0 Å². The first kappa shape index (κ1) is 14.0. The molecule has 0 aliphatic heterocycles. The van der Waals surface area contributed by atoms with Gasteiger partial charge in [0.1, 0.15) is 17.5 Å². The molecule has 0 spiro atoms. The summed E-state index contributed by atoms with van der Waals surface area (Å²) in [6, 6.07) is 11.6. The predicted molar refractivity (Wildman–Crippen MR) is 76.7 cm³/mol. The number of benzene rings is 1. The minimum absolute atomic E-state index is 0.0463. The van der Waals surface area contributed by atoms with Crippen LogP contribution < -0.4 is 4.74 Å². The lowest BCUT2D eigenvalue weighted by molar-refractivity contribution is 0.437. The molecule has 102 valence electrons. The van der Waals surface area contributed by atoms with E-state index in [1.54, 1.807) is 13.0 Å². The second-order valence-electron chi connectivity index (χ2n) is 5.67. The summed E-state index contributed by atoms with van der Waals surface area (Å²) >= 11 is 0. The molecular formula is C16H17N3O. The van der Waals surface area contributed by atoms with Crippen LogP contribution in [0.15, 0.2) is 30.3 Å². The van der Waals surface area contributed by atoms with E-state index in [2.05, 4.69) is 36.8 Å². The molecular weight excluding hydrogens is 250 g/mol. The maximum atomic E-state index is 8.91. The summed E-state index contributed by atoms with van der Waals surface area (Å²) in [5.41, 5.74) is 2.23. The Morgan fingerprint density at radius 2 is 1.90 bits per heavy atom. The molecule has 0 saturated heterocycles. The van der Waals surface area contributed by atoms with Crippen LogP contribution in [0.4, 0.5) is 0 Å². The van der Waals surface area contributed by atoms with Crippen LogP contribution in [0.2, 0.25) is 0 Å². The summed E-state index contributed by atoms with van der Waals surface area (Å²) in [6.07, 6.45) is 0. The zero-order valence-electron chi connectivity index (χ0n) is 12.1. The number of ether oxygens (including phenoxy) is 1. The quantitative estimate of drug-likeness (QED) is 0.831. The van der Waals surface area contributed by atoms with Crippen molar-refractivity contribution < 1.29 is 4.74 Å². The van der Waals surface area contributed by atoms with Crippen LogP contribution in [0.25, 0.3) is 0 Å². The highest BCUT2D eigenvalue weighted by Gasteiger charge is 2.14. The van der Waals surface area contributed by atoms with Crippen LogP contribution in [-0.4, -0.2) is 9.97 Å². The van der Waals surface area contributed by atoms with Crippen molar-refractivity contribution in [1.82, 2.24) is 9.97 Å². The van der Waals surface area contributed by atoms with E-state index in [1.807, 2.05) is 24.3 Å². The minimum Gasteiger partial charge on any atom is -0.424 e. The van der Waals surface area contributed by atoms with Crippen molar-refractivity contribution in [2.75, 3.05) is 0 Å². The van der Waals surface area contributed by atoms with E-state index in [0.717, 1.165) is 0 Å². The van der Waals surface area contributed by atoms with Gasteiger partial charge < -0.3 is 4.74 Å². The average Bonchev–Trinajstić information content (AvgIpc) is 2.37. The van der Waals surface area contributed by atoms with Crippen molar-refractivity contribution in [1.29, 1.82) is 5.26 Å². The smallest absolute Gasteiger partial charge is 0.323 e. The van der Waals surface area contributed by atoms with Crippen molar-refractivity contribution in [3.8, 4) is 17.8 Å². The van der Waals surface area contributed by atoms with Crippen LogP contribution in [-0.2, 0) is 5.41 Å². The maximum absolute atomic E-state index is 8.91. The third kappa shape index (κ3) is 3.33. The second kappa shape index (κ2) is 5.30. The fraction of sp³-hybridized carbons (Fsp3) is 0.312. The third-order valence-electron chi connectivity index (χ3n) is 2.86. The summed E-state index contributed by atoms with van der Waals surface area (Å²) in [5, 5.41) is 8.91. The molecule has 2 aromatic rings. The lowest BCUT2D eigenvalue weighted by Gasteiger charge is -2.19. The van der Waals surface area contributed by atoms with E-state index in [1.165, 1.54) is 5.56 Å². The number of nitriles is 1. The summed E-state index contributed by atoms with van der Waals surface area (Å²) in [4.78, 5) is 8.23. The molecule has 0 N–H and O–H groups in total. The van der Waals surface area contributed by atoms with Gasteiger partial charge in [0.2, 0.25) is 0 Å².